The molecule has 0 aliphatic carbocycles. The zero-order chi connectivity index (χ0) is 13.5. The number of benzene rings is 1. The Morgan fingerprint density at radius 1 is 1.39 bits per heavy atom. The molecule has 0 amide bonds. The number of rotatable bonds is 5. The lowest BCUT2D eigenvalue weighted by Crippen LogP contribution is -2.22. The summed E-state index contributed by atoms with van der Waals surface area (Å²) in [6.07, 6.45) is 2.36. The van der Waals surface area contributed by atoms with Crippen LogP contribution in [0.3, 0.4) is 0 Å². The van der Waals surface area contributed by atoms with Crippen LogP contribution in [0.1, 0.15) is 25.8 Å². The van der Waals surface area contributed by atoms with E-state index in [9.17, 15) is 4.79 Å². The SMILES string of the molecule is COC(=O)C(CC(C)C)N=Cc1ccc(Cl)cc1. The van der Waals surface area contributed by atoms with Gasteiger partial charge in [-0.1, -0.05) is 37.6 Å². The minimum Gasteiger partial charge on any atom is -0.467 e. The summed E-state index contributed by atoms with van der Waals surface area (Å²) >= 11 is 5.80. The number of carbonyl (C=O) groups excluding carboxylic acids is 1. The molecule has 0 bridgehead atoms. The molecule has 0 fully saturated rings. The molecule has 1 aromatic carbocycles. The predicted molar refractivity (Wildman–Crippen MR) is 74.3 cm³/mol. The molecule has 0 spiro atoms. The third-order valence-corrected chi connectivity index (χ3v) is 2.69. The highest BCUT2D eigenvalue weighted by Gasteiger charge is 2.18. The van der Waals surface area contributed by atoms with E-state index in [1.807, 2.05) is 26.0 Å². The number of hydrogen-bond acceptors (Lipinski definition) is 3. The number of aliphatic imine (C=N–C) groups is 1. The molecule has 4 heteroatoms. The van der Waals surface area contributed by atoms with Crippen molar-refractivity contribution in [1.29, 1.82) is 0 Å². The maximum absolute atomic E-state index is 11.6. The van der Waals surface area contributed by atoms with Gasteiger partial charge >= 0.3 is 5.97 Å². The third-order valence-electron chi connectivity index (χ3n) is 2.44. The fourth-order valence-electron chi connectivity index (χ4n) is 1.53. The van der Waals surface area contributed by atoms with E-state index >= 15 is 0 Å². The second-order valence-electron chi connectivity index (χ2n) is 4.50. The van der Waals surface area contributed by atoms with Crippen molar-refractivity contribution in [1.82, 2.24) is 0 Å². The molecule has 1 atom stereocenters. The molecule has 0 saturated heterocycles. The van der Waals surface area contributed by atoms with Gasteiger partial charge in [-0.15, -0.1) is 0 Å². The van der Waals surface area contributed by atoms with E-state index in [0.29, 0.717) is 17.4 Å². The van der Waals surface area contributed by atoms with Crippen molar-refractivity contribution in [2.75, 3.05) is 7.11 Å². The lowest BCUT2D eigenvalue weighted by Gasteiger charge is -2.12. The second kappa shape index (κ2) is 7.17. The second-order valence-corrected chi connectivity index (χ2v) is 4.93. The number of esters is 1. The van der Waals surface area contributed by atoms with Crippen LogP contribution in [0.4, 0.5) is 0 Å². The Labute approximate surface area is 113 Å². The minimum atomic E-state index is -0.439. The van der Waals surface area contributed by atoms with Crippen molar-refractivity contribution < 1.29 is 9.53 Å². The summed E-state index contributed by atoms with van der Waals surface area (Å²) in [6, 6.07) is 6.85. The van der Waals surface area contributed by atoms with Crippen LogP contribution in [0.5, 0.6) is 0 Å². The maximum Gasteiger partial charge on any atom is 0.330 e. The quantitative estimate of drug-likeness (QED) is 0.606. The topological polar surface area (TPSA) is 38.7 Å². The first-order chi connectivity index (χ1) is 8.52. The summed E-state index contributed by atoms with van der Waals surface area (Å²) < 4.78 is 4.75. The van der Waals surface area contributed by atoms with Crippen LogP contribution in [-0.2, 0) is 9.53 Å². The first-order valence-corrected chi connectivity index (χ1v) is 6.27. The molecule has 1 rings (SSSR count). The summed E-state index contributed by atoms with van der Waals surface area (Å²) in [5, 5.41) is 0.679. The number of ether oxygens (including phenoxy) is 1. The Balaban J connectivity index is 2.75. The lowest BCUT2D eigenvalue weighted by molar-refractivity contribution is -0.142. The van der Waals surface area contributed by atoms with Crippen molar-refractivity contribution in [3.05, 3.63) is 34.9 Å². The van der Waals surface area contributed by atoms with E-state index in [-0.39, 0.29) is 5.97 Å². The van der Waals surface area contributed by atoms with Gasteiger partial charge in [-0.05, 0) is 30.0 Å². The molecule has 0 N–H and O–H groups in total. The van der Waals surface area contributed by atoms with Crippen molar-refractivity contribution in [3.63, 3.8) is 0 Å². The zero-order valence-electron chi connectivity index (χ0n) is 10.9. The molecule has 0 aliphatic rings. The molecule has 98 valence electrons. The summed E-state index contributed by atoms with van der Waals surface area (Å²) in [5.74, 6) is 0.0883. The highest BCUT2D eigenvalue weighted by atomic mass is 35.5. The number of methoxy groups -OCH3 is 1. The van der Waals surface area contributed by atoms with Crippen LogP contribution in [0, 0.1) is 5.92 Å². The first kappa shape index (κ1) is 14.7. The summed E-state index contributed by atoms with van der Waals surface area (Å²) in [5.41, 5.74) is 0.914. The van der Waals surface area contributed by atoms with Gasteiger partial charge in [0.05, 0.1) is 7.11 Å². The standard InChI is InChI=1S/C14H18ClNO2/c1-10(2)8-13(14(17)18-3)16-9-11-4-6-12(15)7-5-11/h4-7,9-10,13H,8H2,1-3H3. The Kier molecular flexibility index (Phi) is 5.86. The molecule has 0 saturated carbocycles. The zero-order valence-corrected chi connectivity index (χ0v) is 11.6. The Morgan fingerprint density at radius 3 is 2.50 bits per heavy atom. The van der Waals surface area contributed by atoms with Gasteiger partial charge in [0.15, 0.2) is 0 Å². The highest BCUT2D eigenvalue weighted by Crippen LogP contribution is 2.11. The van der Waals surface area contributed by atoms with Crippen molar-refractivity contribution in [2.45, 2.75) is 26.3 Å². The van der Waals surface area contributed by atoms with Gasteiger partial charge in [0.1, 0.15) is 6.04 Å². The fourth-order valence-corrected chi connectivity index (χ4v) is 1.65. The minimum absolute atomic E-state index is 0.297. The number of carbonyl (C=O) groups is 1. The normalized spacial score (nSPS) is 12.9. The Morgan fingerprint density at radius 2 is 2.00 bits per heavy atom. The van der Waals surface area contributed by atoms with E-state index in [0.717, 1.165) is 5.56 Å². The van der Waals surface area contributed by atoms with Crippen LogP contribution in [0.15, 0.2) is 29.3 Å². The molecular formula is C14H18ClNO2. The third kappa shape index (κ3) is 4.88. The van der Waals surface area contributed by atoms with Gasteiger partial charge in [-0.2, -0.15) is 0 Å². The molecule has 3 nitrogen and oxygen atoms in total. The summed E-state index contributed by atoms with van der Waals surface area (Å²) in [6.45, 7) is 4.10. The summed E-state index contributed by atoms with van der Waals surface area (Å²) in [4.78, 5) is 15.9. The number of nitrogens with zero attached hydrogens (tertiary/aromatic N) is 1. The number of halogens is 1. The molecule has 0 aliphatic heterocycles. The highest BCUT2D eigenvalue weighted by molar-refractivity contribution is 6.30. The van der Waals surface area contributed by atoms with Crippen LogP contribution >= 0.6 is 11.6 Å². The molecule has 0 heterocycles. The van der Waals surface area contributed by atoms with Crippen molar-refractivity contribution >= 4 is 23.8 Å². The van der Waals surface area contributed by atoms with Crippen LogP contribution < -0.4 is 0 Å². The van der Waals surface area contributed by atoms with E-state index in [1.165, 1.54) is 7.11 Å². The summed E-state index contributed by atoms with van der Waals surface area (Å²) in [7, 11) is 1.38. The van der Waals surface area contributed by atoms with E-state index in [1.54, 1.807) is 18.3 Å². The average Bonchev–Trinajstić information content (AvgIpc) is 2.35. The first-order valence-electron chi connectivity index (χ1n) is 5.89. The van der Waals surface area contributed by atoms with Gasteiger partial charge < -0.3 is 4.74 Å². The van der Waals surface area contributed by atoms with Gasteiger partial charge in [-0.3, -0.25) is 4.99 Å². The largest absolute Gasteiger partial charge is 0.467 e. The predicted octanol–water partition coefficient (Wildman–Crippen LogP) is 3.35. The fraction of sp³-hybridized carbons (Fsp3) is 0.429. The number of hydrogen-bond donors (Lipinski definition) is 0. The van der Waals surface area contributed by atoms with E-state index < -0.39 is 6.04 Å². The smallest absolute Gasteiger partial charge is 0.330 e. The average molecular weight is 268 g/mol. The van der Waals surface area contributed by atoms with E-state index in [2.05, 4.69) is 4.99 Å². The maximum atomic E-state index is 11.6. The molecule has 0 radical (unpaired) electrons. The monoisotopic (exact) mass is 267 g/mol. The molecule has 1 unspecified atom stereocenters. The van der Waals surface area contributed by atoms with Gasteiger partial charge in [0.25, 0.3) is 0 Å². The lowest BCUT2D eigenvalue weighted by atomic mass is 10.0. The van der Waals surface area contributed by atoms with Crippen molar-refractivity contribution in [3.8, 4) is 0 Å². The van der Waals surface area contributed by atoms with Gasteiger partial charge in [0.2, 0.25) is 0 Å². The Bertz CT molecular complexity index is 412. The van der Waals surface area contributed by atoms with Crippen LogP contribution in [0.2, 0.25) is 5.02 Å². The molecular weight excluding hydrogens is 250 g/mol. The van der Waals surface area contributed by atoms with Crippen LogP contribution in [-0.4, -0.2) is 25.3 Å². The molecule has 18 heavy (non-hydrogen) atoms. The van der Waals surface area contributed by atoms with Gasteiger partial charge in [0, 0.05) is 11.2 Å². The Hall–Kier alpha value is -1.35. The molecule has 1 aromatic rings. The van der Waals surface area contributed by atoms with Crippen molar-refractivity contribution in [2.24, 2.45) is 10.9 Å². The van der Waals surface area contributed by atoms with Gasteiger partial charge in [-0.25, -0.2) is 4.79 Å². The molecule has 0 aromatic heterocycles. The van der Waals surface area contributed by atoms with E-state index in [4.69, 9.17) is 16.3 Å². The van der Waals surface area contributed by atoms with Crippen LogP contribution in [0.25, 0.3) is 0 Å².